The number of hydrogen-bond acceptors (Lipinski definition) is 5. The lowest BCUT2D eigenvalue weighted by Gasteiger charge is -2.35. The van der Waals surface area contributed by atoms with Crippen molar-refractivity contribution >= 4 is 41.8 Å². The molecule has 2 aromatic rings. The lowest BCUT2D eigenvalue weighted by Crippen LogP contribution is -2.45. The molecule has 1 aromatic heterocycles. The van der Waals surface area contributed by atoms with Crippen molar-refractivity contribution in [2.24, 2.45) is 0 Å². The van der Waals surface area contributed by atoms with Gasteiger partial charge in [0.15, 0.2) is 0 Å². The maximum atomic E-state index is 13.8. The van der Waals surface area contributed by atoms with Gasteiger partial charge in [0.05, 0.1) is 11.7 Å². The van der Waals surface area contributed by atoms with Gasteiger partial charge in [-0.1, -0.05) is 6.07 Å². The number of benzene rings is 1. The molecule has 0 bridgehead atoms. The van der Waals surface area contributed by atoms with Gasteiger partial charge in [-0.25, -0.2) is 4.39 Å². The lowest BCUT2D eigenvalue weighted by atomic mass is 10.0. The van der Waals surface area contributed by atoms with Crippen molar-refractivity contribution in [2.75, 3.05) is 31.9 Å². The molecule has 1 atom stereocenters. The lowest BCUT2D eigenvalue weighted by molar-refractivity contribution is 0.198. The van der Waals surface area contributed by atoms with E-state index in [4.69, 9.17) is 5.73 Å². The Hall–Kier alpha value is -1.05. The van der Waals surface area contributed by atoms with E-state index in [1.165, 1.54) is 6.07 Å². The molecule has 128 valence electrons. The Morgan fingerprint density at radius 1 is 1.26 bits per heavy atom. The van der Waals surface area contributed by atoms with E-state index in [0.717, 1.165) is 37.1 Å². The third kappa shape index (κ3) is 4.28. The second kappa shape index (κ2) is 8.70. The summed E-state index contributed by atoms with van der Waals surface area (Å²) in [5.41, 5.74) is 6.35. The number of anilines is 1. The number of phenols is 1. The van der Waals surface area contributed by atoms with Gasteiger partial charge < -0.3 is 16.2 Å². The van der Waals surface area contributed by atoms with E-state index >= 15 is 0 Å². The highest BCUT2D eigenvalue weighted by Gasteiger charge is 2.28. The molecule has 0 amide bonds. The fourth-order valence-corrected chi connectivity index (χ4v) is 3.64. The minimum Gasteiger partial charge on any atom is -0.505 e. The van der Waals surface area contributed by atoms with Gasteiger partial charge in [0.2, 0.25) is 0 Å². The van der Waals surface area contributed by atoms with Crippen LogP contribution >= 0.6 is 36.2 Å². The first-order chi connectivity index (χ1) is 10.2. The van der Waals surface area contributed by atoms with E-state index in [1.54, 1.807) is 11.3 Å². The third-order valence-electron chi connectivity index (χ3n) is 3.76. The predicted octanol–water partition coefficient (Wildman–Crippen LogP) is 3.01. The van der Waals surface area contributed by atoms with E-state index in [2.05, 4.69) is 10.2 Å². The van der Waals surface area contributed by atoms with Crippen LogP contribution in [0.25, 0.3) is 0 Å². The fourth-order valence-electron chi connectivity index (χ4n) is 2.77. The highest BCUT2D eigenvalue weighted by Crippen LogP contribution is 2.39. The molecular formula is C15H20Cl2FN3OS. The Morgan fingerprint density at radius 3 is 2.57 bits per heavy atom. The van der Waals surface area contributed by atoms with E-state index in [0.29, 0.717) is 5.56 Å². The Labute approximate surface area is 151 Å². The van der Waals surface area contributed by atoms with Crippen LogP contribution in [0, 0.1) is 5.82 Å². The molecule has 4 nitrogen and oxygen atoms in total. The van der Waals surface area contributed by atoms with Crippen LogP contribution in [0.3, 0.4) is 0 Å². The summed E-state index contributed by atoms with van der Waals surface area (Å²) >= 11 is 1.60. The van der Waals surface area contributed by atoms with Gasteiger partial charge in [-0.05, 0) is 17.5 Å². The predicted molar refractivity (Wildman–Crippen MR) is 97.6 cm³/mol. The van der Waals surface area contributed by atoms with Crippen LogP contribution in [0.2, 0.25) is 0 Å². The maximum absolute atomic E-state index is 13.8. The minimum absolute atomic E-state index is 0. The van der Waals surface area contributed by atoms with Crippen molar-refractivity contribution in [1.82, 2.24) is 10.2 Å². The van der Waals surface area contributed by atoms with Crippen LogP contribution in [0.15, 0.2) is 29.6 Å². The van der Waals surface area contributed by atoms with Crippen LogP contribution in [-0.2, 0) is 0 Å². The molecule has 1 fully saturated rings. The molecule has 1 aromatic carbocycles. The van der Waals surface area contributed by atoms with E-state index in [1.807, 2.05) is 17.5 Å². The van der Waals surface area contributed by atoms with Gasteiger partial charge in [0.1, 0.15) is 11.6 Å². The number of nitrogens with zero attached hydrogens (tertiary/aromatic N) is 1. The molecule has 3 rings (SSSR count). The fraction of sp³-hybridized carbons (Fsp3) is 0.333. The first-order valence-electron chi connectivity index (χ1n) is 6.93. The second-order valence-corrected chi connectivity index (χ2v) is 6.12. The van der Waals surface area contributed by atoms with Gasteiger partial charge in [0.25, 0.3) is 0 Å². The number of nitrogens with one attached hydrogen (secondary N) is 1. The van der Waals surface area contributed by atoms with Gasteiger partial charge in [-0.2, -0.15) is 0 Å². The zero-order chi connectivity index (χ0) is 14.8. The van der Waals surface area contributed by atoms with Crippen molar-refractivity contribution in [3.05, 3.63) is 45.9 Å². The number of thiophene rings is 1. The van der Waals surface area contributed by atoms with Crippen molar-refractivity contribution in [3.8, 4) is 5.75 Å². The molecule has 0 aliphatic carbocycles. The number of nitrogen functional groups attached to an aromatic ring is 1. The monoisotopic (exact) mass is 379 g/mol. The van der Waals surface area contributed by atoms with E-state index in [-0.39, 0.29) is 42.3 Å². The van der Waals surface area contributed by atoms with Crippen LogP contribution in [0.5, 0.6) is 5.75 Å². The van der Waals surface area contributed by atoms with Gasteiger partial charge in [-0.3, -0.25) is 4.90 Å². The first kappa shape index (κ1) is 20.0. The molecule has 0 spiro atoms. The number of aromatic hydroxyl groups is 1. The SMILES string of the molecule is Cl.Cl.Nc1cc(F)cc([C@@H](c2cccs2)N2CCNCC2)c1O. The number of rotatable bonds is 3. The molecule has 8 heteroatoms. The Balaban J connectivity index is 0.00000132. The van der Waals surface area contributed by atoms with Gasteiger partial charge in [-0.15, -0.1) is 36.2 Å². The van der Waals surface area contributed by atoms with E-state index < -0.39 is 5.82 Å². The van der Waals surface area contributed by atoms with Crippen molar-refractivity contribution in [2.45, 2.75) is 6.04 Å². The molecule has 0 radical (unpaired) electrons. The second-order valence-electron chi connectivity index (χ2n) is 5.14. The topological polar surface area (TPSA) is 61.5 Å². The zero-order valence-corrected chi connectivity index (χ0v) is 14.8. The van der Waals surface area contributed by atoms with Gasteiger partial charge >= 0.3 is 0 Å². The summed E-state index contributed by atoms with van der Waals surface area (Å²) in [5.74, 6) is -0.440. The molecule has 1 saturated heterocycles. The molecule has 0 unspecified atom stereocenters. The number of nitrogens with two attached hydrogens (primary N) is 1. The molecule has 1 aliphatic heterocycles. The number of halogens is 3. The van der Waals surface area contributed by atoms with Crippen molar-refractivity contribution in [3.63, 3.8) is 0 Å². The average Bonchev–Trinajstić information content (AvgIpc) is 2.99. The molecule has 0 saturated carbocycles. The summed E-state index contributed by atoms with van der Waals surface area (Å²) in [4.78, 5) is 3.33. The Bertz CT molecular complexity index is 621. The van der Waals surface area contributed by atoms with Crippen LogP contribution < -0.4 is 11.1 Å². The quantitative estimate of drug-likeness (QED) is 0.566. The summed E-state index contributed by atoms with van der Waals surface area (Å²) in [6.45, 7) is 3.46. The molecular weight excluding hydrogens is 360 g/mol. The molecule has 23 heavy (non-hydrogen) atoms. The van der Waals surface area contributed by atoms with Crippen LogP contribution in [0.4, 0.5) is 10.1 Å². The summed E-state index contributed by atoms with van der Waals surface area (Å²) < 4.78 is 13.8. The number of phenolic OH excluding ortho intramolecular Hbond substituents is 1. The number of hydrogen-bond donors (Lipinski definition) is 3. The molecule has 4 N–H and O–H groups in total. The standard InChI is InChI=1S/C15H18FN3OS.2ClH/c16-10-8-11(15(20)12(17)9-10)14(13-2-1-7-21-13)19-5-3-18-4-6-19;;/h1-2,7-9,14,18,20H,3-6,17H2;2*1H/t14-;;/m0../s1. The molecule has 2 heterocycles. The maximum Gasteiger partial charge on any atom is 0.143 e. The highest BCUT2D eigenvalue weighted by molar-refractivity contribution is 7.10. The minimum atomic E-state index is -0.419. The van der Waals surface area contributed by atoms with Crippen LogP contribution in [0.1, 0.15) is 16.5 Å². The summed E-state index contributed by atoms with van der Waals surface area (Å²) in [5, 5.41) is 15.6. The molecule has 1 aliphatic rings. The third-order valence-corrected chi connectivity index (χ3v) is 4.68. The first-order valence-corrected chi connectivity index (χ1v) is 7.81. The smallest absolute Gasteiger partial charge is 0.143 e. The Morgan fingerprint density at radius 2 is 1.96 bits per heavy atom. The summed E-state index contributed by atoms with van der Waals surface area (Å²) in [7, 11) is 0. The highest BCUT2D eigenvalue weighted by atomic mass is 35.5. The average molecular weight is 380 g/mol. The number of piperazine rings is 1. The van der Waals surface area contributed by atoms with Crippen molar-refractivity contribution in [1.29, 1.82) is 0 Å². The van der Waals surface area contributed by atoms with Gasteiger partial charge in [0, 0.05) is 42.7 Å². The van der Waals surface area contributed by atoms with Crippen LogP contribution in [-0.4, -0.2) is 36.2 Å². The summed E-state index contributed by atoms with van der Waals surface area (Å²) in [6, 6.07) is 6.36. The summed E-state index contributed by atoms with van der Waals surface area (Å²) in [6.07, 6.45) is 0. The largest absolute Gasteiger partial charge is 0.505 e. The zero-order valence-electron chi connectivity index (χ0n) is 12.4. The van der Waals surface area contributed by atoms with E-state index in [9.17, 15) is 9.50 Å². The Kier molecular flexibility index (Phi) is 7.57. The van der Waals surface area contributed by atoms with Crippen molar-refractivity contribution < 1.29 is 9.50 Å². The normalized spacial score (nSPS) is 16.2.